The molecule has 1 aliphatic rings. The Bertz CT molecular complexity index is 767. The zero-order valence-electron chi connectivity index (χ0n) is 13.6. The van der Waals surface area contributed by atoms with Crippen LogP contribution in [-0.4, -0.2) is 48.9 Å². The SMILES string of the molecule is O=C(Nc1cc(F)cc(OC(F)F)c1)c1ccc(N2CCNCC2)nn1. The second-order valence-electron chi connectivity index (χ2n) is 5.52. The zero-order valence-corrected chi connectivity index (χ0v) is 13.6. The van der Waals surface area contributed by atoms with Crippen molar-refractivity contribution in [3.8, 4) is 5.75 Å². The summed E-state index contributed by atoms with van der Waals surface area (Å²) in [5.74, 6) is -1.20. The average molecular weight is 367 g/mol. The molecular weight excluding hydrogens is 351 g/mol. The second-order valence-corrected chi connectivity index (χ2v) is 5.52. The maximum atomic E-state index is 13.5. The van der Waals surface area contributed by atoms with Crippen molar-refractivity contribution in [2.45, 2.75) is 6.61 Å². The van der Waals surface area contributed by atoms with Gasteiger partial charge in [-0.2, -0.15) is 8.78 Å². The number of carbonyl (C=O) groups excluding carboxylic acids is 1. The summed E-state index contributed by atoms with van der Waals surface area (Å²) in [7, 11) is 0. The van der Waals surface area contributed by atoms with Crippen molar-refractivity contribution in [2.24, 2.45) is 0 Å². The van der Waals surface area contributed by atoms with Gasteiger partial charge in [-0.25, -0.2) is 4.39 Å². The largest absolute Gasteiger partial charge is 0.435 e. The molecule has 1 aromatic carbocycles. The van der Waals surface area contributed by atoms with Gasteiger partial charge in [0.05, 0.1) is 0 Å². The molecule has 3 rings (SSSR count). The van der Waals surface area contributed by atoms with E-state index in [-0.39, 0.29) is 11.4 Å². The molecule has 1 amide bonds. The summed E-state index contributed by atoms with van der Waals surface area (Å²) < 4.78 is 42.1. The lowest BCUT2D eigenvalue weighted by Crippen LogP contribution is -2.44. The third-order valence-corrected chi connectivity index (χ3v) is 3.68. The fourth-order valence-corrected chi connectivity index (χ4v) is 2.51. The van der Waals surface area contributed by atoms with Crippen LogP contribution in [-0.2, 0) is 0 Å². The normalized spacial score (nSPS) is 14.4. The van der Waals surface area contributed by atoms with Gasteiger partial charge < -0.3 is 20.3 Å². The van der Waals surface area contributed by atoms with Crippen molar-refractivity contribution >= 4 is 17.4 Å². The molecule has 138 valence electrons. The lowest BCUT2D eigenvalue weighted by atomic mass is 10.2. The summed E-state index contributed by atoms with van der Waals surface area (Å²) in [5, 5.41) is 13.5. The first-order valence-corrected chi connectivity index (χ1v) is 7.87. The van der Waals surface area contributed by atoms with Gasteiger partial charge in [-0.1, -0.05) is 0 Å². The van der Waals surface area contributed by atoms with Gasteiger partial charge in [0.1, 0.15) is 11.6 Å². The Labute approximate surface area is 147 Å². The number of hydrogen-bond acceptors (Lipinski definition) is 6. The molecule has 0 radical (unpaired) electrons. The summed E-state index contributed by atoms with van der Waals surface area (Å²) in [5.41, 5.74) is -0.0110. The van der Waals surface area contributed by atoms with E-state index in [2.05, 4.69) is 25.6 Å². The van der Waals surface area contributed by atoms with Crippen LogP contribution in [0.25, 0.3) is 0 Å². The van der Waals surface area contributed by atoms with Gasteiger partial charge in [-0.15, -0.1) is 10.2 Å². The molecule has 7 nitrogen and oxygen atoms in total. The van der Waals surface area contributed by atoms with Crippen LogP contribution < -0.4 is 20.3 Å². The Hall–Kier alpha value is -2.88. The third-order valence-electron chi connectivity index (χ3n) is 3.68. The van der Waals surface area contributed by atoms with E-state index in [9.17, 15) is 18.0 Å². The van der Waals surface area contributed by atoms with Crippen LogP contribution >= 0.6 is 0 Å². The van der Waals surface area contributed by atoms with Gasteiger partial charge >= 0.3 is 6.61 Å². The fraction of sp³-hybridized carbons (Fsp3) is 0.312. The number of nitrogens with one attached hydrogen (secondary N) is 2. The molecule has 0 saturated carbocycles. The van der Waals surface area contributed by atoms with Crippen LogP contribution in [0.3, 0.4) is 0 Å². The van der Waals surface area contributed by atoms with Gasteiger partial charge in [-0.05, 0) is 18.2 Å². The Morgan fingerprint density at radius 3 is 2.62 bits per heavy atom. The lowest BCUT2D eigenvalue weighted by Gasteiger charge is -2.27. The number of nitrogens with zero attached hydrogens (tertiary/aromatic N) is 3. The summed E-state index contributed by atoms with van der Waals surface area (Å²) in [6, 6.07) is 6.04. The number of carbonyl (C=O) groups is 1. The molecule has 2 N–H and O–H groups in total. The molecule has 10 heteroatoms. The summed E-state index contributed by atoms with van der Waals surface area (Å²) in [6.45, 7) is 0.162. The molecule has 0 spiro atoms. The number of halogens is 3. The molecule has 26 heavy (non-hydrogen) atoms. The van der Waals surface area contributed by atoms with Crippen LogP contribution in [0.15, 0.2) is 30.3 Å². The van der Waals surface area contributed by atoms with Crippen LogP contribution in [0.1, 0.15) is 10.5 Å². The minimum atomic E-state index is -3.09. The Morgan fingerprint density at radius 2 is 1.96 bits per heavy atom. The van der Waals surface area contributed by atoms with E-state index >= 15 is 0 Å². The zero-order chi connectivity index (χ0) is 18.5. The number of amides is 1. The van der Waals surface area contributed by atoms with Crippen molar-refractivity contribution in [3.63, 3.8) is 0 Å². The first-order chi connectivity index (χ1) is 12.5. The Balaban J connectivity index is 1.68. The summed E-state index contributed by atoms with van der Waals surface area (Å²) in [6.07, 6.45) is 0. The molecule has 2 heterocycles. The number of hydrogen-bond donors (Lipinski definition) is 2. The van der Waals surface area contributed by atoms with E-state index in [1.807, 2.05) is 4.90 Å². The molecular formula is C16H16F3N5O2. The molecule has 1 aliphatic heterocycles. The molecule has 0 unspecified atom stereocenters. The minimum absolute atomic E-state index is 0.0180. The van der Waals surface area contributed by atoms with Crippen molar-refractivity contribution in [1.29, 1.82) is 0 Å². The van der Waals surface area contributed by atoms with E-state index in [1.165, 1.54) is 6.07 Å². The van der Waals surface area contributed by atoms with Gasteiger partial charge in [0.25, 0.3) is 5.91 Å². The molecule has 1 fully saturated rings. The summed E-state index contributed by atoms with van der Waals surface area (Å²) >= 11 is 0. The van der Waals surface area contributed by atoms with Crippen molar-refractivity contribution in [2.75, 3.05) is 36.4 Å². The Kier molecular flexibility index (Phi) is 5.52. The highest BCUT2D eigenvalue weighted by molar-refractivity contribution is 6.02. The van der Waals surface area contributed by atoms with Crippen molar-refractivity contribution in [1.82, 2.24) is 15.5 Å². The van der Waals surface area contributed by atoms with E-state index in [1.54, 1.807) is 6.07 Å². The predicted molar refractivity (Wildman–Crippen MR) is 88.1 cm³/mol. The van der Waals surface area contributed by atoms with Crippen LogP contribution in [0, 0.1) is 5.82 Å². The third kappa shape index (κ3) is 4.60. The number of benzene rings is 1. The van der Waals surface area contributed by atoms with Crippen LogP contribution in [0.2, 0.25) is 0 Å². The van der Waals surface area contributed by atoms with Gasteiger partial charge in [0, 0.05) is 44.0 Å². The minimum Gasteiger partial charge on any atom is -0.435 e. The average Bonchev–Trinajstić information content (AvgIpc) is 2.61. The smallest absolute Gasteiger partial charge is 0.387 e. The van der Waals surface area contributed by atoms with Gasteiger partial charge in [-0.3, -0.25) is 4.79 Å². The summed E-state index contributed by atoms with van der Waals surface area (Å²) in [4.78, 5) is 14.2. The molecule has 0 atom stereocenters. The molecule has 0 bridgehead atoms. The van der Waals surface area contributed by atoms with Crippen molar-refractivity contribution < 1.29 is 22.7 Å². The molecule has 2 aromatic rings. The van der Waals surface area contributed by atoms with E-state index in [0.29, 0.717) is 5.82 Å². The number of rotatable bonds is 5. The van der Waals surface area contributed by atoms with E-state index in [0.717, 1.165) is 44.4 Å². The van der Waals surface area contributed by atoms with Gasteiger partial charge in [0.15, 0.2) is 11.5 Å². The monoisotopic (exact) mass is 367 g/mol. The van der Waals surface area contributed by atoms with Crippen molar-refractivity contribution in [3.05, 3.63) is 41.8 Å². The number of ether oxygens (including phenoxy) is 1. The first kappa shape index (κ1) is 17.9. The van der Waals surface area contributed by atoms with Gasteiger partial charge in [0.2, 0.25) is 0 Å². The maximum absolute atomic E-state index is 13.5. The highest BCUT2D eigenvalue weighted by Gasteiger charge is 2.15. The quantitative estimate of drug-likeness (QED) is 0.840. The second kappa shape index (κ2) is 8.00. The standard InChI is InChI=1S/C16H16F3N5O2/c17-10-7-11(9-12(8-10)26-16(18)19)21-15(25)13-1-2-14(23-22-13)24-5-3-20-4-6-24/h1-2,7-9,16,20H,3-6H2,(H,21,25). The molecule has 1 aromatic heterocycles. The van der Waals surface area contributed by atoms with E-state index in [4.69, 9.17) is 0 Å². The predicted octanol–water partition coefficient (Wildman–Crippen LogP) is 1.88. The maximum Gasteiger partial charge on any atom is 0.387 e. The fourth-order valence-electron chi connectivity index (χ4n) is 2.51. The number of anilines is 2. The topological polar surface area (TPSA) is 79.4 Å². The van der Waals surface area contributed by atoms with E-state index < -0.39 is 24.1 Å². The molecule has 1 saturated heterocycles. The number of piperazine rings is 1. The van der Waals surface area contributed by atoms with Crippen LogP contribution in [0.5, 0.6) is 5.75 Å². The first-order valence-electron chi connectivity index (χ1n) is 7.87. The van der Waals surface area contributed by atoms with Crippen LogP contribution in [0.4, 0.5) is 24.7 Å². The molecule has 0 aliphatic carbocycles. The number of aromatic nitrogens is 2. The Morgan fingerprint density at radius 1 is 1.19 bits per heavy atom. The highest BCUT2D eigenvalue weighted by atomic mass is 19.3. The highest BCUT2D eigenvalue weighted by Crippen LogP contribution is 2.22. The number of alkyl halides is 2. The lowest BCUT2D eigenvalue weighted by molar-refractivity contribution is -0.0499.